The van der Waals surface area contributed by atoms with Crippen LogP contribution in [0.3, 0.4) is 0 Å². The Morgan fingerprint density at radius 2 is 1.78 bits per heavy atom. The Morgan fingerprint density at radius 3 is 2.53 bits per heavy atom. The van der Waals surface area contributed by atoms with Crippen molar-refractivity contribution in [2.24, 2.45) is 0 Å². The molecule has 1 heterocycles. The van der Waals surface area contributed by atoms with E-state index in [0.29, 0.717) is 16.9 Å². The van der Waals surface area contributed by atoms with Gasteiger partial charge in [-0.15, -0.1) is 0 Å². The standard InChI is InChI=1S/C27H23NO4/c1-16-12-17-10-11-23(30)26-25(17)22(13-16)28(18-6-4-7-19(14-18)31-2)27(26)20-8-5-9-24(32-3)21(20)15-29/h4-14,29H,15H2,1-3H3. The number of ether oxygens (including phenoxy) is 2. The second kappa shape index (κ2) is 7.70. The molecule has 1 N–H and O–H groups in total. The van der Waals surface area contributed by atoms with Gasteiger partial charge in [0.1, 0.15) is 11.5 Å². The highest BCUT2D eigenvalue weighted by atomic mass is 16.5. The van der Waals surface area contributed by atoms with Crippen molar-refractivity contribution in [1.29, 1.82) is 0 Å². The maximum atomic E-state index is 13.3. The fraction of sp³-hybridized carbons (Fsp3) is 0.148. The summed E-state index contributed by atoms with van der Waals surface area (Å²) in [6, 6.07) is 17.6. The van der Waals surface area contributed by atoms with E-state index in [0.717, 1.165) is 44.7 Å². The molecule has 0 radical (unpaired) electrons. The quantitative estimate of drug-likeness (QED) is 0.470. The molecule has 0 amide bonds. The summed E-state index contributed by atoms with van der Waals surface area (Å²) in [4.78, 5) is 13.3. The molecule has 0 saturated carbocycles. The molecule has 32 heavy (non-hydrogen) atoms. The summed E-state index contributed by atoms with van der Waals surface area (Å²) in [5.41, 5.74) is 6.66. The van der Waals surface area contributed by atoms with Crippen molar-refractivity contribution in [3.8, 4) is 28.4 Å². The number of carbonyl (C=O) groups is 1. The van der Waals surface area contributed by atoms with Gasteiger partial charge in [0.2, 0.25) is 0 Å². The smallest absolute Gasteiger partial charge is 0.188 e. The van der Waals surface area contributed by atoms with Crippen LogP contribution in [0.25, 0.3) is 33.9 Å². The van der Waals surface area contributed by atoms with Gasteiger partial charge in [-0.2, -0.15) is 0 Å². The lowest BCUT2D eigenvalue weighted by Gasteiger charge is -2.17. The van der Waals surface area contributed by atoms with Crippen LogP contribution >= 0.6 is 0 Å². The summed E-state index contributed by atoms with van der Waals surface area (Å²) in [6.45, 7) is 1.83. The van der Waals surface area contributed by atoms with Crippen molar-refractivity contribution in [3.05, 3.63) is 82.9 Å². The van der Waals surface area contributed by atoms with Crippen LogP contribution in [0.4, 0.5) is 0 Å². The van der Waals surface area contributed by atoms with Gasteiger partial charge >= 0.3 is 0 Å². The van der Waals surface area contributed by atoms with Gasteiger partial charge in [0.25, 0.3) is 0 Å². The molecule has 1 aliphatic rings. The summed E-state index contributed by atoms with van der Waals surface area (Å²) in [7, 11) is 3.21. The van der Waals surface area contributed by atoms with Crippen LogP contribution in [0.1, 0.15) is 27.0 Å². The summed E-state index contributed by atoms with van der Waals surface area (Å²) in [6.07, 6.45) is 3.50. The lowest BCUT2D eigenvalue weighted by Crippen LogP contribution is -2.05. The van der Waals surface area contributed by atoms with E-state index in [2.05, 4.69) is 16.7 Å². The Labute approximate surface area is 186 Å². The number of rotatable bonds is 5. The van der Waals surface area contributed by atoms with E-state index in [9.17, 15) is 9.90 Å². The number of methoxy groups -OCH3 is 2. The largest absolute Gasteiger partial charge is 0.497 e. The molecule has 1 aromatic heterocycles. The number of nitrogens with zero attached hydrogens (tertiary/aromatic N) is 1. The summed E-state index contributed by atoms with van der Waals surface area (Å²) in [5.74, 6) is 1.24. The highest BCUT2D eigenvalue weighted by molar-refractivity contribution is 6.24. The van der Waals surface area contributed by atoms with Crippen LogP contribution in [0.5, 0.6) is 11.5 Å². The van der Waals surface area contributed by atoms with E-state index in [1.165, 1.54) is 0 Å². The number of ketones is 1. The van der Waals surface area contributed by atoms with Crippen molar-refractivity contribution in [3.63, 3.8) is 0 Å². The molecule has 0 aliphatic heterocycles. The second-order valence-corrected chi connectivity index (χ2v) is 7.85. The number of aromatic nitrogens is 1. The average molecular weight is 425 g/mol. The van der Waals surface area contributed by atoms with Crippen molar-refractivity contribution >= 4 is 22.8 Å². The molecule has 0 bridgehead atoms. The van der Waals surface area contributed by atoms with E-state index in [1.807, 2.05) is 55.5 Å². The first-order chi connectivity index (χ1) is 15.6. The molecule has 4 aromatic rings. The fourth-order valence-corrected chi connectivity index (χ4v) is 4.63. The van der Waals surface area contributed by atoms with Crippen LogP contribution in [0, 0.1) is 6.92 Å². The van der Waals surface area contributed by atoms with Crippen molar-refractivity contribution in [2.45, 2.75) is 13.5 Å². The van der Waals surface area contributed by atoms with E-state index in [4.69, 9.17) is 9.47 Å². The fourth-order valence-electron chi connectivity index (χ4n) is 4.63. The van der Waals surface area contributed by atoms with Crippen molar-refractivity contribution in [1.82, 2.24) is 4.57 Å². The molecular weight excluding hydrogens is 402 g/mol. The zero-order valence-electron chi connectivity index (χ0n) is 18.2. The van der Waals surface area contributed by atoms with Crippen molar-refractivity contribution in [2.75, 3.05) is 14.2 Å². The highest BCUT2D eigenvalue weighted by Gasteiger charge is 2.29. The predicted octanol–water partition coefficient (Wildman–Crippen LogP) is 5.32. The molecule has 5 rings (SSSR count). The minimum absolute atomic E-state index is 0.0605. The third-order valence-corrected chi connectivity index (χ3v) is 5.98. The summed E-state index contributed by atoms with van der Waals surface area (Å²) < 4.78 is 13.1. The minimum Gasteiger partial charge on any atom is -0.497 e. The maximum absolute atomic E-state index is 13.3. The minimum atomic E-state index is -0.214. The third-order valence-electron chi connectivity index (χ3n) is 5.98. The normalized spacial score (nSPS) is 12.4. The summed E-state index contributed by atoms with van der Waals surface area (Å²) in [5, 5.41) is 11.2. The topological polar surface area (TPSA) is 60.7 Å². The predicted molar refractivity (Wildman–Crippen MR) is 126 cm³/mol. The van der Waals surface area contributed by atoms with E-state index in [1.54, 1.807) is 20.3 Å². The number of aliphatic hydroxyl groups is 1. The molecular formula is C27H23NO4. The van der Waals surface area contributed by atoms with Crippen LogP contribution in [-0.4, -0.2) is 29.7 Å². The first-order valence-corrected chi connectivity index (χ1v) is 10.4. The molecule has 0 atom stereocenters. The Morgan fingerprint density at radius 1 is 0.969 bits per heavy atom. The zero-order valence-corrected chi connectivity index (χ0v) is 18.2. The molecule has 5 heteroatoms. The molecule has 5 nitrogen and oxygen atoms in total. The molecule has 0 unspecified atom stereocenters. The van der Waals surface area contributed by atoms with Crippen LogP contribution in [0.2, 0.25) is 0 Å². The van der Waals surface area contributed by atoms with Crippen LogP contribution < -0.4 is 9.47 Å². The molecule has 160 valence electrons. The monoisotopic (exact) mass is 425 g/mol. The van der Waals surface area contributed by atoms with Gasteiger partial charge in [-0.05, 0) is 48.4 Å². The Balaban J connectivity index is 1.99. The van der Waals surface area contributed by atoms with Crippen LogP contribution in [-0.2, 0) is 6.61 Å². The number of carbonyl (C=O) groups excluding carboxylic acids is 1. The highest BCUT2D eigenvalue weighted by Crippen LogP contribution is 2.44. The Kier molecular flexibility index (Phi) is 4.83. The zero-order chi connectivity index (χ0) is 22.4. The number of hydrogen-bond donors (Lipinski definition) is 1. The number of allylic oxidation sites excluding steroid dienone is 1. The molecule has 0 fully saturated rings. The van der Waals surface area contributed by atoms with Gasteiger partial charge in [-0.3, -0.25) is 4.79 Å². The first kappa shape index (κ1) is 20.1. The molecule has 0 saturated heterocycles. The van der Waals surface area contributed by atoms with Crippen molar-refractivity contribution < 1.29 is 19.4 Å². The second-order valence-electron chi connectivity index (χ2n) is 7.85. The van der Waals surface area contributed by atoms with Gasteiger partial charge in [0, 0.05) is 28.3 Å². The van der Waals surface area contributed by atoms with E-state index < -0.39 is 0 Å². The molecule has 0 spiro atoms. The van der Waals surface area contributed by atoms with Gasteiger partial charge in [0.05, 0.1) is 37.6 Å². The Hall–Kier alpha value is -3.83. The summed E-state index contributed by atoms with van der Waals surface area (Å²) >= 11 is 0. The average Bonchev–Trinajstić information content (AvgIpc) is 3.16. The van der Waals surface area contributed by atoms with Gasteiger partial charge in [0.15, 0.2) is 5.78 Å². The maximum Gasteiger partial charge on any atom is 0.188 e. The van der Waals surface area contributed by atoms with E-state index in [-0.39, 0.29) is 12.4 Å². The number of benzene rings is 3. The van der Waals surface area contributed by atoms with E-state index >= 15 is 0 Å². The molecule has 3 aromatic carbocycles. The number of hydrogen-bond acceptors (Lipinski definition) is 4. The number of aryl methyl sites for hydroxylation is 1. The van der Waals surface area contributed by atoms with Gasteiger partial charge in [-0.1, -0.05) is 30.3 Å². The first-order valence-electron chi connectivity index (χ1n) is 10.4. The Bertz CT molecular complexity index is 1410. The lowest BCUT2D eigenvalue weighted by molar-refractivity contribution is 0.104. The SMILES string of the molecule is COc1cccc(-n2c(-c3cccc(OC)c3CO)c3c4c(cc(C)cc42)C=CC3=O)c1. The molecule has 1 aliphatic carbocycles. The van der Waals surface area contributed by atoms with Gasteiger partial charge < -0.3 is 19.1 Å². The van der Waals surface area contributed by atoms with Crippen LogP contribution in [0.15, 0.2) is 60.7 Å². The lowest BCUT2D eigenvalue weighted by atomic mass is 9.92. The third kappa shape index (κ3) is 2.93. The van der Waals surface area contributed by atoms with Gasteiger partial charge in [-0.25, -0.2) is 0 Å². The number of aliphatic hydroxyl groups excluding tert-OH is 1.